The van der Waals surface area contributed by atoms with Gasteiger partial charge in [0.05, 0.1) is 14.2 Å². The van der Waals surface area contributed by atoms with Gasteiger partial charge in [-0.2, -0.15) is 0 Å². The first kappa shape index (κ1) is 20.9. The van der Waals surface area contributed by atoms with Crippen molar-refractivity contribution in [2.24, 2.45) is 0 Å². The summed E-state index contributed by atoms with van der Waals surface area (Å²) in [4.78, 5) is 2.36. The summed E-state index contributed by atoms with van der Waals surface area (Å²) in [5.41, 5.74) is 1.59. The van der Waals surface area contributed by atoms with Crippen molar-refractivity contribution in [3.8, 4) is 11.5 Å². The van der Waals surface area contributed by atoms with Crippen LogP contribution in [0, 0.1) is 0 Å². The lowest BCUT2D eigenvalue weighted by Crippen LogP contribution is -2.24. The Labute approximate surface area is 162 Å². The van der Waals surface area contributed by atoms with Gasteiger partial charge in [0, 0.05) is 30.5 Å². The zero-order valence-electron chi connectivity index (χ0n) is 16.4. The minimum Gasteiger partial charge on any atom is -0.497 e. The Morgan fingerprint density at radius 2 is 1.56 bits per heavy atom. The van der Waals surface area contributed by atoms with Crippen LogP contribution in [0.25, 0.3) is 0 Å². The molecule has 0 radical (unpaired) electrons. The average molecular weight is 393 g/mol. The molecule has 0 saturated carbocycles. The summed E-state index contributed by atoms with van der Waals surface area (Å²) in [5.74, 6) is 0.762. The van der Waals surface area contributed by atoms with Crippen molar-refractivity contribution in [3.63, 3.8) is 0 Å². The Hall–Kier alpha value is -2.41. The molecule has 2 aromatic carbocycles. The molecular formula is C20H28N2O4S. The minimum absolute atomic E-state index is 0.0634. The van der Waals surface area contributed by atoms with Gasteiger partial charge in [0.15, 0.2) is 0 Å². The third kappa shape index (κ3) is 5.29. The van der Waals surface area contributed by atoms with Gasteiger partial charge in [-0.15, -0.1) is 0 Å². The van der Waals surface area contributed by atoms with Gasteiger partial charge in [-0.3, -0.25) is 4.72 Å². The molecule has 0 aliphatic carbocycles. The van der Waals surface area contributed by atoms with Crippen molar-refractivity contribution < 1.29 is 17.9 Å². The summed E-state index contributed by atoms with van der Waals surface area (Å²) in [6, 6.07) is 12.0. The maximum atomic E-state index is 12.8. The van der Waals surface area contributed by atoms with E-state index in [0.717, 1.165) is 31.6 Å². The van der Waals surface area contributed by atoms with Crippen LogP contribution in [0.5, 0.6) is 11.5 Å². The van der Waals surface area contributed by atoms with E-state index < -0.39 is 10.0 Å². The number of sulfonamides is 1. The van der Waals surface area contributed by atoms with E-state index in [1.54, 1.807) is 24.3 Å². The maximum absolute atomic E-state index is 12.8. The van der Waals surface area contributed by atoms with Crippen LogP contribution in [0.2, 0.25) is 0 Å². The van der Waals surface area contributed by atoms with Crippen LogP contribution in [0.4, 0.5) is 11.4 Å². The number of methoxy groups -OCH3 is 2. The van der Waals surface area contributed by atoms with E-state index in [1.165, 1.54) is 20.3 Å². The van der Waals surface area contributed by atoms with Crippen molar-refractivity contribution in [2.75, 3.05) is 36.9 Å². The summed E-state index contributed by atoms with van der Waals surface area (Å²) < 4.78 is 38.5. The van der Waals surface area contributed by atoms with Gasteiger partial charge in [0.1, 0.15) is 16.4 Å². The molecule has 0 spiro atoms. The van der Waals surface area contributed by atoms with Gasteiger partial charge in [0.2, 0.25) is 0 Å². The number of nitrogens with zero attached hydrogens (tertiary/aromatic N) is 1. The standard InChI is InChI=1S/C20H28N2O4S/c1-5-13-22(14-6-2)17-9-7-16(8-10-17)21-27(23,24)20-12-11-18(25-3)15-19(20)26-4/h7-12,15,21H,5-6,13-14H2,1-4H3. The minimum atomic E-state index is -3.78. The Morgan fingerprint density at radius 1 is 0.926 bits per heavy atom. The van der Waals surface area contributed by atoms with Crippen LogP contribution >= 0.6 is 0 Å². The fourth-order valence-corrected chi connectivity index (χ4v) is 4.07. The molecule has 1 N–H and O–H groups in total. The molecule has 0 fully saturated rings. The number of nitrogens with one attached hydrogen (secondary N) is 1. The van der Waals surface area contributed by atoms with E-state index in [9.17, 15) is 8.42 Å². The van der Waals surface area contributed by atoms with Crippen LogP contribution in [-0.4, -0.2) is 35.7 Å². The second-order valence-electron chi connectivity index (χ2n) is 6.16. The largest absolute Gasteiger partial charge is 0.497 e. The average Bonchev–Trinajstić information content (AvgIpc) is 2.67. The summed E-state index contributed by atoms with van der Waals surface area (Å²) >= 11 is 0. The fourth-order valence-electron chi connectivity index (χ4n) is 2.86. The first-order chi connectivity index (χ1) is 12.9. The van der Waals surface area contributed by atoms with Gasteiger partial charge >= 0.3 is 0 Å². The Kier molecular flexibility index (Phi) is 7.36. The second-order valence-corrected chi connectivity index (χ2v) is 7.81. The van der Waals surface area contributed by atoms with Crippen LogP contribution in [0.1, 0.15) is 26.7 Å². The van der Waals surface area contributed by atoms with Gasteiger partial charge in [-0.1, -0.05) is 13.8 Å². The number of benzene rings is 2. The lowest BCUT2D eigenvalue weighted by Gasteiger charge is -2.24. The molecule has 2 aromatic rings. The highest BCUT2D eigenvalue weighted by atomic mass is 32.2. The molecule has 2 rings (SSSR count). The summed E-state index contributed by atoms with van der Waals surface area (Å²) in [6.07, 6.45) is 2.12. The number of rotatable bonds is 10. The molecule has 148 valence electrons. The van der Waals surface area contributed by atoms with E-state index in [2.05, 4.69) is 23.5 Å². The molecule has 0 unspecified atom stereocenters. The van der Waals surface area contributed by atoms with Gasteiger partial charge < -0.3 is 14.4 Å². The SMILES string of the molecule is CCCN(CCC)c1ccc(NS(=O)(=O)c2ccc(OC)cc2OC)cc1. The highest BCUT2D eigenvalue weighted by Crippen LogP contribution is 2.30. The highest BCUT2D eigenvalue weighted by molar-refractivity contribution is 7.92. The van der Waals surface area contributed by atoms with Crippen molar-refractivity contribution in [1.82, 2.24) is 0 Å². The summed E-state index contributed by atoms with van der Waals surface area (Å²) in [5, 5.41) is 0. The van der Waals surface area contributed by atoms with E-state index in [4.69, 9.17) is 9.47 Å². The van der Waals surface area contributed by atoms with Crippen molar-refractivity contribution in [3.05, 3.63) is 42.5 Å². The lowest BCUT2D eigenvalue weighted by molar-refractivity contribution is 0.386. The van der Waals surface area contributed by atoms with Crippen LogP contribution in [0.3, 0.4) is 0 Å². The molecule has 6 nitrogen and oxygen atoms in total. The van der Waals surface area contributed by atoms with Gasteiger partial charge in [-0.25, -0.2) is 8.42 Å². The smallest absolute Gasteiger partial charge is 0.265 e. The third-order valence-corrected chi connectivity index (χ3v) is 5.55. The third-order valence-electron chi connectivity index (χ3n) is 4.13. The molecule has 27 heavy (non-hydrogen) atoms. The second kappa shape index (κ2) is 9.50. The molecule has 0 aliphatic heterocycles. The maximum Gasteiger partial charge on any atom is 0.265 e. The van der Waals surface area contributed by atoms with E-state index >= 15 is 0 Å². The zero-order valence-corrected chi connectivity index (χ0v) is 17.2. The molecular weight excluding hydrogens is 364 g/mol. The van der Waals surface area contributed by atoms with Crippen molar-refractivity contribution in [2.45, 2.75) is 31.6 Å². The van der Waals surface area contributed by atoms with Crippen molar-refractivity contribution >= 4 is 21.4 Å². The van der Waals surface area contributed by atoms with Crippen molar-refractivity contribution in [1.29, 1.82) is 0 Å². The summed E-state index contributed by atoms with van der Waals surface area (Å²) in [7, 11) is -0.833. The first-order valence-corrected chi connectivity index (χ1v) is 10.5. The Balaban J connectivity index is 2.23. The number of anilines is 2. The molecule has 0 aromatic heterocycles. The Morgan fingerprint density at radius 3 is 2.07 bits per heavy atom. The molecule has 0 saturated heterocycles. The molecule has 7 heteroatoms. The molecule has 0 amide bonds. The van der Waals surface area contributed by atoms with Gasteiger partial charge in [-0.05, 0) is 49.2 Å². The monoisotopic (exact) mass is 392 g/mol. The van der Waals surface area contributed by atoms with E-state index in [1.807, 2.05) is 12.1 Å². The van der Waals surface area contributed by atoms with Gasteiger partial charge in [0.25, 0.3) is 10.0 Å². The number of hydrogen-bond donors (Lipinski definition) is 1. The first-order valence-electron chi connectivity index (χ1n) is 9.05. The predicted molar refractivity (Wildman–Crippen MR) is 110 cm³/mol. The number of ether oxygens (including phenoxy) is 2. The van der Waals surface area contributed by atoms with E-state index in [0.29, 0.717) is 11.4 Å². The molecule has 0 aliphatic rings. The zero-order chi connectivity index (χ0) is 19.9. The summed E-state index contributed by atoms with van der Waals surface area (Å²) in [6.45, 7) is 6.24. The van der Waals surface area contributed by atoms with Crippen LogP contribution in [-0.2, 0) is 10.0 Å². The predicted octanol–water partition coefficient (Wildman–Crippen LogP) is 4.13. The Bertz CT molecular complexity index is 830. The fraction of sp³-hybridized carbons (Fsp3) is 0.400. The highest BCUT2D eigenvalue weighted by Gasteiger charge is 2.20. The normalized spacial score (nSPS) is 11.1. The molecule has 0 atom stereocenters. The number of hydrogen-bond acceptors (Lipinski definition) is 5. The quantitative estimate of drug-likeness (QED) is 0.658. The van der Waals surface area contributed by atoms with Crippen LogP contribution in [0.15, 0.2) is 47.4 Å². The van der Waals surface area contributed by atoms with E-state index in [-0.39, 0.29) is 10.6 Å². The topological polar surface area (TPSA) is 67.9 Å². The molecule has 0 heterocycles. The lowest BCUT2D eigenvalue weighted by atomic mass is 10.2. The molecule has 0 bridgehead atoms. The van der Waals surface area contributed by atoms with Crippen LogP contribution < -0.4 is 19.1 Å².